The molecule has 32 heavy (non-hydrogen) atoms. The number of benzene rings is 2. The van der Waals surface area contributed by atoms with Gasteiger partial charge >= 0.3 is 0 Å². The summed E-state index contributed by atoms with van der Waals surface area (Å²) in [6, 6.07) is 10.7. The molecule has 2 unspecified atom stereocenters. The highest BCUT2D eigenvalue weighted by atomic mass is 35.5. The van der Waals surface area contributed by atoms with Crippen LogP contribution in [0.15, 0.2) is 64.0 Å². The highest BCUT2D eigenvalue weighted by molar-refractivity contribution is 6.22. The summed E-state index contributed by atoms with van der Waals surface area (Å²) < 4.78 is 32.7. The van der Waals surface area contributed by atoms with Gasteiger partial charge in [-0.3, -0.25) is 4.90 Å². The summed E-state index contributed by atoms with van der Waals surface area (Å²) in [6.45, 7) is 0. The van der Waals surface area contributed by atoms with Crippen LogP contribution in [0.5, 0.6) is 0 Å². The average Bonchev–Trinajstić information content (AvgIpc) is 3.50. The van der Waals surface area contributed by atoms with Crippen LogP contribution in [0, 0.1) is 23.1 Å². The number of hydrogen-bond donors (Lipinski definition) is 0. The first kappa shape index (κ1) is 18.6. The van der Waals surface area contributed by atoms with E-state index in [1.807, 2.05) is 30.5 Å². The molecule has 0 fully saturated rings. The fourth-order valence-corrected chi connectivity index (χ4v) is 4.24. The Morgan fingerprint density at radius 2 is 2.00 bits per heavy atom. The van der Waals surface area contributed by atoms with Crippen molar-refractivity contribution in [1.82, 2.24) is 20.0 Å². The van der Waals surface area contributed by atoms with Crippen molar-refractivity contribution in [3.05, 3.63) is 71.7 Å². The number of aliphatic imine (C=N–C) groups is 1. The number of hydrogen-bond acceptors (Lipinski definition) is 9. The van der Waals surface area contributed by atoms with Crippen molar-refractivity contribution >= 4 is 29.6 Å². The van der Waals surface area contributed by atoms with Gasteiger partial charge in [0, 0.05) is 11.6 Å². The molecule has 0 radical (unpaired) electrons. The van der Waals surface area contributed by atoms with Crippen LogP contribution >= 0.6 is 11.6 Å². The predicted molar refractivity (Wildman–Crippen MR) is 109 cm³/mol. The van der Waals surface area contributed by atoms with Crippen molar-refractivity contribution in [1.29, 1.82) is 5.26 Å². The van der Waals surface area contributed by atoms with Gasteiger partial charge in [0.1, 0.15) is 18.0 Å². The molecule has 0 N–H and O–H groups in total. The van der Waals surface area contributed by atoms with Crippen LogP contribution in [0.1, 0.15) is 11.7 Å². The Bertz CT molecular complexity index is 1350. The summed E-state index contributed by atoms with van der Waals surface area (Å²) in [6.07, 6.45) is 4.70. The lowest BCUT2D eigenvalue weighted by atomic mass is 10.1. The number of hydrazine groups is 1. The fourth-order valence-electron chi connectivity index (χ4n) is 3.93. The molecule has 158 valence electrons. The Hall–Kier alpha value is -4.17. The Kier molecular flexibility index (Phi) is 3.87. The van der Waals surface area contributed by atoms with Gasteiger partial charge in [-0.25, -0.2) is 28.7 Å². The Morgan fingerprint density at radius 1 is 1.16 bits per heavy atom. The molecule has 0 saturated carbocycles. The molecule has 2 atom stereocenters. The third-order valence-corrected chi connectivity index (χ3v) is 5.74. The van der Waals surface area contributed by atoms with Gasteiger partial charge in [0.05, 0.1) is 17.5 Å². The Labute approximate surface area is 184 Å². The molecule has 3 aliphatic rings. The molecule has 2 aromatic carbocycles. The zero-order chi connectivity index (χ0) is 22.0. The van der Waals surface area contributed by atoms with Crippen molar-refractivity contribution in [2.45, 2.75) is 11.8 Å². The topological polar surface area (TPSA) is 88.0 Å². The molecule has 0 bridgehead atoms. The maximum atomic E-state index is 14.2. The molecule has 0 spiro atoms. The Balaban J connectivity index is 1.43. The average molecular weight is 453 g/mol. The van der Waals surface area contributed by atoms with E-state index in [1.54, 1.807) is 16.1 Å². The van der Waals surface area contributed by atoms with Crippen molar-refractivity contribution in [2.24, 2.45) is 4.99 Å². The highest BCUT2D eigenvalue weighted by Gasteiger charge is 2.48. The lowest BCUT2D eigenvalue weighted by Gasteiger charge is -2.42. The number of halogens is 3. The minimum Gasteiger partial charge on any atom is -0.332 e. The second-order valence-electron chi connectivity index (χ2n) is 7.09. The third kappa shape index (κ3) is 2.50. The van der Waals surface area contributed by atoms with E-state index in [4.69, 9.17) is 16.1 Å². The molecular weight excluding hydrogens is 442 g/mol. The van der Waals surface area contributed by atoms with E-state index in [0.29, 0.717) is 5.82 Å². The molecular formula is C20H11ClF2N8O. The van der Waals surface area contributed by atoms with E-state index in [0.717, 1.165) is 23.4 Å². The minimum absolute atomic E-state index is 0.0278. The molecule has 0 saturated heterocycles. The maximum Gasteiger partial charge on any atom is 0.291 e. The number of nitriles is 1. The minimum atomic E-state index is -0.820. The van der Waals surface area contributed by atoms with E-state index in [2.05, 4.69) is 15.1 Å². The van der Waals surface area contributed by atoms with Crippen molar-refractivity contribution in [2.75, 3.05) is 9.91 Å². The van der Waals surface area contributed by atoms with E-state index >= 15 is 0 Å². The van der Waals surface area contributed by atoms with Crippen molar-refractivity contribution < 1.29 is 13.3 Å². The molecule has 0 aliphatic carbocycles. The largest absolute Gasteiger partial charge is 0.332 e. The normalized spacial score (nSPS) is 20.8. The summed E-state index contributed by atoms with van der Waals surface area (Å²) in [5.74, 6) is -0.987. The van der Waals surface area contributed by atoms with E-state index in [9.17, 15) is 14.0 Å². The number of nitrogens with zero attached hydrogens (tertiary/aromatic N) is 8. The second kappa shape index (κ2) is 6.66. The number of anilines is 2. The van der Waals surface area contributed by atoms with Crippen LogP contribution in [0.2, 0.25) is 0 Å². The van der Waals surface area contributed by atoms with Gasteiger partial charge in [0.15, 0.2) is 23.8 Å². The van der Waals surface area contributed by atoms with Crippen molar-refractivity contribution in [3.63, 3.8) is 0 Å². The lowest BCUT2D eigenvalue weighted by Crippen LogP contribution is -2.48. The molecule has 6 rings (SSSR count). The molecule has 3 aromatic rings. The fraction of sp³-hybridized carbons (Fsp3) is 0.100. The number of rotatable bonds is 2. The summed E-state index contributed by atoms with van der Waals surface area (Å²) in [5.41, 5.74) is 0.884. The summed E-state index contributed by atoms with van der Waals surface area (Å²) in [4.78, 5) is 11.9. The van der Waals surface area contributed by atoms with Gasteiger partial charge in [-0.1, -0.05) is 29.8 Å². The third-order valence-electron chi connectivity index (χ3n) is 5.33. The predicted octanol–water partition coefficient (Wildman–Crippen LogP) is 3.72. The second-order valence-corrected chi connectivity index (χ2v) is 7.48. The molecule has 0 amide bonds. The van der Waals surface area contributed by atoms with Gasteiger partial charge in [-0.2, -0.15) is 10.2 Å². The van der Waals surface area contributed by atoms with Gasteiger partial charge < -0.3 is 4.52 Å². The molecule has 3 aliphatic heterocycles. The number of para-hydroxylation sites is 1. The lowest BCUT2D eigenvalue weighted by molar-refractivity contribution is 0.275. The van der Waals surface area contributed by atoms with Crippen LogP contribution < -0.4 is 9.91 Å². The maximum absolute atomic E-state index is 14.2. The number of fused-ring (bicyclic) bond motifs is 6. The van der Waals surface area contributed by atoms with E-state index in [-0.39, 0.29) is 17.4 Å². The van der Waals surface area contributed by atoms with Gasteiger partial charge in [0.25, 0.3) is 11.8 Å². The number of aromatic nitrogens is 2. The molecule has 1 aromatic heterocycles. The first-order valence-electron chi connectivity index (χ1n) is 9.40. The van der Waals surface area contributed by atoms with E-state index in [1.165, 1.54) is 22.3 Å². The van der Waals surface area contributed by atoms with Crippen LogP contribution in [-0.2, 0) is 0 Å². The molecule has 4 heterocycles. The first-order valence-corrected chi connectivity index (χ1v) is 9.83. The van der Waals surface area contributed by atoms with Gasteiger partial charge in [0.2, 0.25) is 0 Å². The monoisotopic (exact) mass is 452 g/mol. The first-order chi connectivity index (χ1) is 15.6. The summed E-state index contributed by atoms with van der Waals surface area (Å²) in [7, 11) is 0. The molecule has 12 heteroatoms. The summed E-state index contributed by atoms with van der Waals surface area (Å²) in [5, 5.41) is 16.7. The zero-order valence-corrected chi connectivity index (χ0v) is 16.7. The van der Waals surface area contributed by atoms with E-state index < -0.39 is 23.4 Å². The summed E-state index contributed by atoms with van der Waals surface area (Å²) >= 11 is 6.55. The smallest absolute Gasteiger partial charge is 0.291 e. The highest BCUT2D eigenvalue weighted by Crippen LogP contribution is 2.48. The van der Waals surface area contributed by atoms with Crippen LogP contribution in [-0.4, -0.2) is 32.0 Å². The van der Waals surface area contributed by atoms with Gasteiger partial charge in [-0.05, 0) is 23.4 Å². The zero-order valence-electron chi connectivity index (χ0n) is 16.0. The van der Waals surface area contributed by atoms with Crippen LogP contribution in [0.4, 0.5) is 20.4 Å². The quantitative estimate of drug-likeness (QED) is 0.330. The standard InChI is InChI=1S/C20H11ClF2N8O/c21-19-28(9-24)8-16-30(19)15-4-2-1-3-13(15)17-25-10-29(31(16)17)20-26-18(32-27-20)12-6-5-11(22)7-14(12)23/h1-8,10,17,19H. The van der Waals surface area contributed by atoms with Crippen LogP contribution in [0.25, 0.3) is 11.5 Å². The molecule has 9 nitrogen and oxygen atoms in total. The Morgan fingerprint density at radius 3 is 2.81 bits per heavy atom. The van der Waals surface area contributed by atoms with Gasteiger partial charge in [-0.15, -0.1) is 0 Å². The van der Waals surface area contributed by atoms with Crippen molar-refractivity contribution in [3.8, 4) is 17.6 Å². The number of alkyl halides is 1. The SMILES string of the molecule is N#CN1C=C2N(c3ccccc3C3N=CN(c4noc(-c5ccc(F)cc5F)n4)N23)C1Cl. The van der Waals surface area contributed by atoms with Crippen LogP contribution in [0.3, 0.4) is 0 Å².